The summed E-state index contributed by atoms with van der Waals surface area (Å²) >= 11 is 3.65. The van der Waals surface area contributed by atoms with Crippen molar-refractivity contribution in [3.05, 3.63) is 33.8 Å². The molecule has 2 rings (SSSR count). The van der Waals surface area contributed by atoms with E-state index in [1.165, 1.54) is 11.3 Å². The van der Waals surface area contributed by atoms with Crippen LogP contribution in [0.3, 0.4) is 0 Å². The Morgan fingerprint density at radius 3 is 2.74 bits per heavy atom. The van der Waals surface area contributed by atoms with E-state index >= 15 is 0 Å². The molecule has 0 aliphatic heterocycles. The number of aryl methyl sites for hydroxylation is 3. The van der Waals surface area contributed by atoms with Crippen molar-refractivity contribution in [3.63, 3.8) is 0 Å². The van der Waals surface area contributed by atoms with Gasteiger partial charge < -0.3 is 5.32 Å². The Balaban J connectivity index is 2.28. The van der Waals surface area contributed by atoms with Gasteiger partial charge in [-0.1, -0.05) is 0 Å². The molecule has 1 atom stereocenters. The van der Waals surface area contributed by atoms with Gasteiger partial charge in [-0.25, -0.2) is 0 Å². The van der Waals surface area contributed by atoms with E-state index in [2.05, 4.69) is 49.2 Å². The Labute approximate surface area is 122 Å². The zero-order chi connectivity index (χ0) is 14.0. The Morgan fingerprint density at radius 1 is 1.47 bits per heavy atom. The summed E-state index contributed by atoms with van der Waals surface area (Å²) in [5, 5.41) is 12.1. The van der Waals surface area contributed by atoms with Crippen molar-refractivity contribution in [1.82, 2.24) is 24.9 Å². The van der Waals surface area contributed by atoms with E-state index in [1.807, 2.05) is 31.9 Å². The van der Waals surface area contributed by atoms with E-state index < -0.39 is 0 Å². The quantitative estimate of drug-likeness (QED) is 0.916. The predicted molar refractivity (Wildman–Crippen MR) is 79.1 cm³/mol. The van der Waals surface area contributed by atoms with E-state index in [9.17, 15) is 0 Å². The fourth-order valence-electron chi connectivity index (χ4n) is 2.26. The van der Waals surface area contributed by atoms with Crippen LogP contribution in [0.4, 0.5) is 0 Å². The monoisotopic (exact) mass is 325 g/mol. The van der Waals surface area contributed by atoms with E-state index in [1.54, 1.807) is 0 Å². The largest absolute Gasteiger partial charge is 0.313 e. The third kappa shape index (κ3) is 2.90. The number of nitrogens with zero attached hydrogens (tertiary/aromatic N) is 4. The summed E-state index contributed by atoms with van der Waals surface area (Å²) in [4.78, 5) is 0. The highest BCUT2D eigenvalue weighted by atomic mass is 79.9. The maximum absolute atomic E-state index is 4.54. The van der Waals surface area contributed by atoms with Crippen molar-refractivity contribution in [2.75, 3.05) is 7.05 Å². The fourth-order valence-corrected chi connectivity index (χ4v) is 2.71. The lowest BCUT2D eigenvalue weighted by Gasteiger charge is -2.15. The first kappa shape index (κ1) is 14.3. The summed E-state index contributed by atoms with van der Waals surface area (Å²) in [7, 11) is 3.91. The van der Waals surface area contributed by atoms with Crippen LogP contribution in [0.2, 0.25) is 0 Å². The van der Waals surface area contributed by atoms with Gasteiger partial charge in [0.2, 0.25) is 0 Å². The van der Waals surface area contributed by atoms with Crippen molar-refractivity contribution in [2.45, 2.75) is 32.9 Å². The minimum Gasteiger partial charge on any atom is -0.313 e. The lowest BCUT2D eigenvalue weighted by atomic mass is 10.1. The first-order valence-electron chi connectivity index (χ1n) is 6.44. The second-order valence-electron chi connectivity index (χ2n) is 4.65. The smallest absolute Gasteiger partial charge is 0.0738 e. The van der Waals surface area contributed by atoms with Gasteiger partial charge in [0.05, 0.1) is 22.1 Å². The van der Waals surface area contributed by atoms with Gasteiger partial charge in [0.15, 0.2) is 0 Å². The van der Waals surface area contributed by atoms with E-state index in [0.717, 1.165) is 23.1 Å². The standard InChI is InChI=1S/C13H20BrN5/c1-5-19-12(13(14)9(2)17-19)6-11(15-3)10-7-16-18(4)8-10/h7-8,11,15H,5-6H2,1-4H3. The highest BCUT2D eigenvalue weighted by Gasteiger charge is 2.18. The van der Waals surface area contributed by atoms with Crippen molar-refractivity contribution in [1.29, 1.82) is 0 Å². The Morgan fingerprint density at radius 2 is 2.21 bits per heavy atom. The number of hydrogen-bond acceptors (Lipinski definition) is 3. The Bertz CT molecular complexity index is 557. The van der Waals surface area contributed by atoms with Crippen molar-refractivity contribution < 1.29 is 0 Å². The van der Waals surface area contributed by atoms with E-state index in [4.69, 9.17) is 0 Å². The molecule has 104 valence electrons. The molecular weight excluding hydrogens is 306 g/mol. The second kappa shape index (κ2) is 5.88. The highest BCUT2D eigenvalue weighted by molar-refractivity contribution is 9.10. The maximum Gasteiger partial charge on any atom is 0.0738 e. The first-order valence-corrected chi connectivity index (χ1v) is 7.23. The summed E-state index contributed by atoms with van der Waals surface area (Å²) in [5.74, 6) is 0. The number of aromatic nitrogens is 4. The lowest BCUT2D eigenvalue weighted by molar-refractivity contribution is 0.539. The average molecular weight is 326 g/mol. The van der Waals surface area contributed by atoms with Crippen LogP contribution in [0.5, 0.6) is 0 Å². The molecule has 0 spiro atoms. The van der Waals surface area contributed by atoms with Crippen molar-refractivity contribution in [3.8, 4) is 0 Å². The molecule has 2 aromatic heterocycles. The third-order valence-corrected chi connectivity index (χ3v) is 4.36. The molecule has 0 aliphatic rings. The van der Waals surface area contributed by atoms with Gasteiger partial charge in [-0.05, 0) is 36.8 Å². The minimum absolute atomic E-state index is 0.242. The van der Waals surface area contributed by atoms with Gasteiger partial charge >= 0.3 is 0 Å². The van der Waals surface area contributed by atoms with Gasteiger partial charge in [0.25, 0.3) is 0 Å². The van der Waals surface area contributed by atoms with Gasteiger partial charge in [-0.15, -0.1) is 0 Å². The van der Waals surface area contributed by atoms with Crippen LogP contribution in [-0.4, -0.2) is 26.6 Å². The average Bonchev–Trinajstić information content (AvgIpc) is 2.93. The summed E-state index contributed by atoms with van der Waals surface area (Å²) in [6.45, 7) is 5.02. The lowest BCUT2D eigenvalue weighted by Crippen LogP contribution is -2.20. The maximum atomic E-state index is 4.54. The summed E-state index contributed by atoms with van der Waals surface area (Å²) in [6, 6.07) is 0.242. The Hall–Kier alpha value is -1.14. The summed E-state index contributed by atoms with van der Waals surface area (Å²) in [6.07, 6.45) is 4.85. The highest BCUT2D eigenvalue weighted by Crippen LogP contribution is 2.26. The molecule has 0 saturated heterocycles. The van der Waals surface area contributed by atoms with Crippen molar-refractivity contribution in [2.24, 2.45) is 7.05 Å². The van der Waals surface area contributed by atoms with Crippen LogP contribution in [0.15, 0.2) is 16.9 Å². The van der Waals surface area contributed by atoms with Crippen LogP contribution in [0.25, 0.3) is 0 Å². The number of halogens is 1. The predicted octanol–water partition coefficient (Wildman–Crippen LogP) is 2.21. The van der Waals surface area contributed by atoms with Gasteiger partial charge in [-0.2, -0.15) is 10.2 Å². The summed E-state index contributed by atoms with van der Waals surface area (Å²) in [5.41, 5.74) is 3.46. The molecule has 6 heteroatoms. The van der Waals surface area contributed by atoms with Gasteiger partial charge in [0, 0.05) is 37.8 Å². The van der Waals surface area contributed by atoms with Crippen LogP contribution in [0.1, 0.15) is 29.9 Å². The molecule has 0 aliphatic carbocycles. The number of hydrogen-bond donors (Lipinski definition) is 1. The normalized spacial score (nSPS) is 12.9. The topological polar surface area (TPSA) is 47.7 Å². The molecule has 1 unspecified atom stereocenters. The second-order valence-corrected chi connectivity index (χ2v) is 5.45. The zero-order valence-corrected chi connectivity index (χ0v) is 13.4. The number of likely N-dealkylation sites (N-methyl/N-ethyl adjacent to an activating group) is 1. The molecule has 5 nitrogen and oxygen atoms in total. The fraction of sp³-hybridized carbons (Fsp3) is 0.538. The molecule has 19 heavy (non-hydrogen) atoms. The molecule has 0 radical (unpaired) electrons. The SMILES string of the molecule is CCn1nc(C)c(Br)c1CC(NC)c1cnn(C)c1. The zero-order valence-electron chi connectivity index (χ0n) is 11.8. The molecule has 0 amide bonds. The minimum atomic E-state index is 0.242. The molecule has 1 N–H and O–H groups in total. The third-order valence-electron chi connectivity index (χ3n) is 3.33. The summed E-state index contributed by atoms with van der Waals surface area (Å²) < 4.78 is 5.00. The molecule has 0 bridgehead atoms. The first-order chi connectivity index (χ1) is 9.06. The molecule has 0 fully saturated rings. The van der Waals surface area contributed by atoms with E-state index in [-0.39, 0.29) is 6.04 Å². The van der Waals surface area contributed by atoms with Crippen LogP contribution in [0, 0.1) is 6.92 Å². The Kier molecular flexibility index (Phi) is 4.42. The van der Waals surface area contributed by atoms with Gasteiger partial charge in [-0.3, -0.25) is 9.36 Å². The number of rotatable bonds is 5. The van der Waals surface area contributed by atoms with E-state index in [0.29, 0.717) is 0 Å². The molecular formula is C13H20BrN5. The van der Waals surface area contributed by atoms with Crippen LogP contribution >= 0.6 is 15.9 Å². The number of nitrogens with one attached hydrogen (secondary N) is 1. The molecule has 0 aromatic carbocycles. The molecule has 2 heterocycles. The van der Waals surface area contributed by atoms with Crippen LogP contribution in [-0.2, 0) is 20.0 Å². The molecule has 2 aromatic rings. The molecule has 0 saturated carbocycles. The van der Waals surface area contributed by atoms with Crippen LogP contribution < -0.4 is 5.32 Å². The van der Waals surface area contributed by atoms with Crippen molar-refractivity contribution >= 4 is 15.9 Å². The van der Waals surface area contributed by atoms with Gasteiger partial charge in [0.1, 0.15) is 0 Å².